The molecular formula is C21H15FN4O2S. The number of hydrogen-bond donors (Lipinski definition) is 0. The standard InChI is InChI=1S/C21H15FN4O2S/c1-4-28-21(27)19-11-14(12-5-7-16(23-2)15(22)9-12)20(29-19)13-6-8-18-17(10-13)24-25-26(18)3/h5-11H,4H2,1,3H3. The van der Waals surface area contributed by atoms with Gasteiger partial charge in [-0.2, -0.15) is 0 Å². The quantitative estimate of drug-likeness (QED) is 0.344. The van der Waals surface area contributed by atoms with Gasteiger partial charge in [0.05, 0.1) is 18.7 Å². The second-order valence-corrected chi connectivity index (χ2v) is 7.32. The molecule has 29 heavy (non-hydrogen) atoms. The summed E-state index contributed by atoms with van der Waals surface area (Å²) in [7, 11) is 1.81. The van der Waals surface area contributed by atoms with E-state index in [0.29, 0.717) is 16.0 Å². The van der Waals surface area contributed by atoms with Gasteiger partial charge in [0, 0.05) is 17.5 Å². The number of halogens is 1. The molecule has 0 N–H and O–H groups in total. The number of rotatable bonds is 4. The maximum Gasteiger partial charge on any atom is 0.348 e. The Morgan fingerprint density at radius 2 is 2.03 bits per heavy atom. The summed E-state index contributed by atoms with van der Waals surface area (Å²) in [6.45, 7) is 9.04. The zero-order chi connectivity index (χ0) is 20.5. The Kier molecular flexibility index (Phi) is 4.82. The van der Waals surface area contributed by atoms with E-state index in [1.807, 2.05) is 25.2 Å². The number of carbonyl (C=O) groups is 1. The van der Waals surface area contributed by atoms with E-state index in [2.05, 4.69) is 15.2 Å². The maximum absolute atomic E-state index is 14.2. The molecule has 0 fully saturated rings. The Balaban J connectivity index is 1.90. The molecule has 4 aromatic rings. The highest BCUT2D eigenvalue weighted by Crippen LogP contribution is 2.41. The highest BCUT2D eigenvalue weighted by molar-refractivity contribution is 7.18. The molecule has 2 heterocycles. The average Bonchev–Trinajstić information content (AvgIpc) is 3.32. The van der Waals surface area contributed by atoms with Gasteiger partial charge < -0.3 is 4.74 Å². The summed E-state index contributed by atoms with van der Waals surface area (Å²) in [4.78, 5) is 16.7. The van der Waals surface area contributed by atoms with E-state index >= 15 is 0 Å². The summed E-state index contributed by atoms with van der Waals surface area (Å²) in [6, 6.07) is 11.8. The van der Waals surface area contributed by atoms with Crippen molar-refractivity contribution in [2.75, 3.05) is 6.61 Å². The average molecular weight is 406 g/mol. The number of aromatic nitrogens is 3. The number of benzene rings is 2. The van der Waals surface area contributed by atoms with Gasteiger partial charge in [0.25, 0.3) is 0 Å². The van der Waals surface area contributed by atoms with Crippen LogP contribution in [0.1, 0.15) is 16.6 Å². The Hall–Kier alpha value is -3.57. The number of hydrogen-bond acceptors (Lipinski definition) is 5. The second-order valence-electron chi connectivity index (χ2n) is 6.27. The number of thiophene rings is 1. The van der Waals surface area contributed by atoms with Crippen molar-refractivity contribution in [3.8, 4) is 21.6 Å². The van der Waals surface area contributed by atoms with E-state index in [0.717, 1.165) is 21.5 Å². The van der Waals surface area contributed by atoms with Crippen LogP contribution in [0.2, 0.25) is 0 Å². The lowest BCUT2D eigenvalue weighted by Gasteiger charge is -2.06. The van der Waals surface area contributed by atoms with Gasteiger partial charge in [0.1, 0.15) is 16.2 Å². The molecule has 0 aliphatic heterocycles. The summed E-state index contributed by atoms with van der Waals surface area (Å²) in [5.41, 5.74) is 3.66. The first kappa shape index (κ1) is 18.8. The van der Waals surface area contributed by atoms with E-state index in [-0.39, 0.29) is 12.3 Å². The van der Waals surface area contributed by atoms with Gasteiger partial charge >= 0.3 is 5.97 Å². The molecule has 0 atom stereocenters. The third kappa shape index (κ3) is 3.37. The molecule has 0 bridgehead atoms. The van der Waals surface area contributed by atoms with Crippen LogP contribution in [0.4, 0.5) is 10.1 Å². The fourth-order valence-electron chi connectivity index (χ4n) is 3.07. The number of ether oxygens (including phenoxy) is 1. The number of aryl methyl sites for hydroxylation is 1. The minimum atomic E-state index is -0.600. The first-order valence-corrected chi connectivity index (χ1v) is 9.61. The topological polar surface area (TPSA) is 61.4 Å². The van der Waals surface area contributed by atoms with Crippen LogP contribution in [0.15, 0.2) is 42.5 Å². The second kappa shape index (κ2) is 7.45. The Morgan fingerprint density at radius 3 is 2.76 bits per heavy atom. The van der Waals surface area contributed by atoms with Crippen molar-refractivity contribution in [2.24, 2.45) is 7.05 Å². The molecule has 2 aromatic carbocycles. The van der Waals surface area contributed by atoms with Crippen molar-refractivity contribution >= 4 is 34.0 Å². The molecule has 2 aromatic heterocycles. The number of esters is 1. The fourth-order valence-corrected chi connectivity index (χ4v) is 4.14. The molecule has 0 amide bonds. The van der Waals surface area contributed by atoms with Crippen LogP contribution < -0.4 is 0 Å². The predicted molar refractivity (Wildman–Crippen MR) is 109 cm³/mol. The number of carbonyl (C=O) groups excluding carboxylic acids is 1. The Bertz CT molecular complexity index is 1290. The highest BCUT2D eigenvalue weighted by atomic mass is 32.1. The van der Waals surface area contributed by atoms with Crippen LogP contribution in [0.3, 0.4) is 0 Å². The number of fused-ring (bicyclic) bond motifs is 1. The molecule has 0 unspecified atom stereocenters. The molecule has 0 saturated heterocycles. The van der Waals surface area contributed by atoms with Crippen molar-refractivity contribution in [3.05, 3.63) is 64.6 Å². The molecule has 0 radical (unpaired) electrons. The lowest BCUT2D eigenvalue weighted by molar-refractivity contribution is 0.0532. The van der Waals surface area contributed by atoms with Gasteiger partial charge in [-0.15, -0.1) is 16.4 Å². The minimum absolute atomic E-state index is 0.0443. The molecule has 0 aliphatic carbocycles. The van der Waals surface area contributed by atoms with Crippen LogP contribution in [-0.4, -0.2) is 27.6 Å². The molecule has 0 saturated carbocycles. The van der Waals surface area contributed by atoms with Gasteiger partial charge in [-0.1, -0.05) is 23.4 Å². The van der Waals surface area contributed by atoms with E-state index in [1.165, 1.54) is 23.5 Å². The zero-order valence-electron chi connectivity index (χ0n) is 15.6. The monoisotopic (exact) mass is 406 g/mol. The van der Waals surface area contributed by atoms with Gasteiger partial charge in [0.2, 0.25) is 5.69 Å². The van der Waals surface area contributed by atoms with Crippen molar-refractivity contribution in [2.45, 2.75) is 6.92 Å². The first-order chi connectivity index (χ1) is 14.0. The van der Waals surface area contributed by atoms with E-state index in [1.54, 1.807) is 23.7 Å². The SMILES string of the molecule is [C-]#[N+]c1ccc(-c2cc(C(=O)OCC)sc2-c2ccc3c(c2)nnn3C)cc1F. The third-order valence-electron chi connectivity index (χ3n) is 4.46. The minimum Gasteiger partial charge on any atom is -0.462 e. The Morgan fingerprint density at radius 1 is 1.24 bits per heavy atom. The largest absolute Gasteiger partial charge is 0.462 e. The van der Waals surface area contributed by atoms with Crippen molar-refractivity contribution in [1.82, 2.24) is 15.0 Å². The maximum atomic E-state index is 14.2. The van der Waals surface area contributed by atoms with E-state index in [9.17, 15) is 9.18 Å². The normalized spacial score (nSPS) is 10.8. The van der Waals surface area contributed by atoms with Crippen molar-refractivity contribution in [1.29, 1.82) is 0 Å². The molecule has 0 spiro atoms. The lowest BCUT2D eigenvalue weighted by Crippen LogP contribution is -2.01. The molecule has 144 valence electrons. The summed E-state index contributed by atoms with van der Waals surface area (Å²) >= 11 is 1.27. The third-order valence-corrected chi connectivity index (χ3v) is 5.62. The summed E-state index contributed by atoms with van der Waals surface area (Å²) < 4.78 is 21.1. The lowest BCUT2D eigenvalue weighted by atomic mass is 10.0. The van der Waals surface area contributed by atoms with Gasteiger partial charge in [-0.25, -0.2) is 18.7 Å². The summed E-state index contributed by atoms with van der Waals surface area (Å²) in [5, 5.41) is 8.17. The van der Waals surface area contributed by atoms with Crippen LogP contribution in [0.25, 0.3) is 37.4 Å². The van der Waals surface area contributed by atoms with Crippen molar-refractivity contribution < 1.29 is 13.9 Å². The molecule has 6 nitrogen and oxygen atoms in total. The first-order valence-electron chi connectivity index (χ1n) is 8.80. The van der Waals surface area contributed by atoms with Crippen LogP contribution in [0.5, 0.6) is 0 Å². The van der Waals surface area contributed by atoms with Gasteiger partial charge in [-0.3, -0.25) is 0 Å². The van der Waals surface area contributed by atoms with Crippen LogP contribution in [-0.2, 0) is 11.8 Å². The predicted octanol–water partition coefficient (Wildman–Crippen LogP) is 5.23. The molecule has 0 aliphatic rings. The van der Waals surface area contributed by atoms with Crippen LogP contribution in [0, 0.1) is 12.4 Å². The molecule has 4 rings (SSSR count). The summed E-state index contributed by atoms with van der Waals surface area (Å²) in [6.07, 6.45) is 0. The summed E-state index contributed by atoms with van der Waals surface area (Å²) in [5.74, 6) is -1.03. The molecule has 8 heteroatoms. The zero-order valence-corrected chi connectivity index (χ0v) is 16.5. The number of nitrogens with zero attached hydrogens (tertiary/aromatic N) is 4. The van der Waals surface area contributed by atoms with E-state index in [4.69, 9.17) is 11.3 Å². The Labute approximate surface area is 170 Å². The van der Waals surface area contributed by atoms with Gasteiger partial charge in [0.15, 0.2) is 0 Å². The smallest absolute Gasteiger partial charge is 0.348 e. The molecular weight excluding hydrogens is 391 g/mol. The van der Waals surface area contributed by atoms with Gasteiger partial charge in [-0.05, 0) is 42.3 Å². The fraction of sp³-hybridized carbons (Fsp3) is 0.143. The van der Waals surface area contributed by atoms with Crippen molar-refractivity contribution in [3.63, 3.8) is 0 Å². The highest BCUT2D eigenvalue weighted by Gasteiger charge is 2.19. The van der Waals surface area contributed by atoms with E-state index < -0.39 is 11.8 Å². The van der Waals surface area contributed by atoms with Crippen LogP contribution >= 0.6 is 11.3 Å².